The Kier molecular flexibility index (Phi) is 4.34. The minimum Gasteiger partial charge on any atom is -0.384 e. The van der Waals surface area contributed by atoms with E-state index < -0.39 is 0 Å². The number of hydrogen-bond donors (Lipinski definition) is 2. The van der Waals surface area contributed by atoms with E-state index in [1.54, 1.807) is 28.5 Å². The molecule has 0 spiro atoms. The molecule has 2 N–H and O–H groups in total. The minimum atomic E-state index is -0.191. The lowest BCUT2D eigenvalue weighted by Gasteiger charge is -1.98. The van der Waals surface area contributed by atoms with Crippen LogP contribution >= 0.6 is 11.3 Å². The lowest BCUT2D eigenvalue weighted by atomic mass is 10.3. The van der Waals surface area contributed by atoms with E-state index in [9.17, 15) is 4.79 Å². The van der Waals surface area contributed by atoms with Gasteiger partial charge in [0.2, 0.25) is 0 Å². The molecule has 0 aliphatic heterocycles. The number of aryl methyl sites for hydroxylation is 1. The highest BCUT2D eigenvalue weighted by atomic mass is 32.1. The number of nitrogens with one attached hydrogen (secondary N) is 1. The van der Waals surface area contributed by atoms with E-state index in [4.69, 9.17) is 5.11 Å². The summed E-state index contributed by atoms with van der Waals surface area (Å²) < 4.78 is 1.74. The van der Waals surface area contributed by atoms with Gasteiger partial charge >= 0.3 is 0 Å². The van der Waals surface area contributed by atoms with Gasteiger partial charge in [0.1, 0.15) is 6.61 Å². The molecule has 5 nitrogen and oxygen atoms in total. The number of rotatable bonds is 3. The van der Waals surface area contributed by atoms with Gasteiger partial charge < -0.3 is 10.4 Å². The van der Waals surface area contributed by atoms with Gasteiger partial charge in [-0.1, -0.05) is 11.8 Å². The number of amides is 1. The zero-order chi connectivity index (χ0) is 13.7. The molecule has 0 unspecified atom stereocenters. The lowest BCUT2D eigenvalue weighted by molar-refractivity contribution is 0.102. The van der Waals surface area contributed by atoms with Crippen molar-refractivity contribution in [3.05, 3.63) is 34.3 Å². The van der Waals surface area contributed by atoms with E-state index in [1.807, 2.05) is 6.92 Å². The van der Waals surface area contributed by atoms with E-state index in [2.05, 4.69) is 22.3 Å². The van der Waals surface area contributed by atoms with Crippen molar-refractivity contribution in [2.24, 2.45) is 0 Å². The Bertz CT molecular complexity index is 634. The minimum absolute atomic E-state index is 0.185. The molecule has 0 aliphatic rings. The van der Waals surface area contributed by atoms with Gasteiger partial charge in [-0.3, -0.25) is 9.48 Å². The number of anilines is 1. The molecule has 0 atom stereocenters. The Labute approximate surface area is 114 Å². The normalized spacial score (nSPS) is 9.79. The van der Waals surface area contributed by atoms with Crippen molar-refractivity contribution in [1.29, 1.82) is 0 Å². The standard InChI is InChI=1S/C13H13N3O2S/c1-2-16-8-11(7-14-16)15-13(18)10-6-12(19-9-10)4-3-5-17/h6-9,17H,2,5H2,1H3,(H,15,18). The third-order valence-electron chi connectivity index (χ3n) is 2.37. The summed E-state index contributed by atoms with van der Waals surface area (Å²) in [6.07, 6.45) is 3.39. The van der Waals surface area contributed by atoms with E-state index in [1.165, 1.54) is 11.3 Å². The SMILES string of the molecule is CCn1cc(NC(=O)c2csc(C#CCO)c2)cn1. The summed E-state index contributed by atoms with van der Waals surface area (Å²) in [5.41, 5.74) is 1.22. The van der Waals surface area contributed by atoms with Gasteiger partial charge in [-0.05, 0) is 13.0 Å². The van der Waals surface area contributed by atoms with Gasteiger partial charge in [0.15, 0.2) is 0 Å². The van der Waals surface area contributed by atoms with Crippen LogP contribution in [0.4, 0.5) is 5.69 Å². The molecule has 0 aromatic carbocycles. The van der Waals surface area contributed by atoms with Crippen molar-refractivity contribution in [2.45, 2.75) is 13.5 Å². The molecule has 0 bridgehead atoms. The van der Waals surface area contributed by atoms with Crippen molar-refractivity contribution in [1.82, 2.24) is 9.78 Å². The molecular formula is C13H13N3O2S. The number of aliphatic hydroxyl groups excluding tert-OH is 1. The topological polar surface area (TPSA) is 67.2 Å². The van der Waals surface area contributed by atoms with Crippen LogP contribution in [-0.4, -0.2) is 27.4 Å². The molecule has 98 valence electrons. The molecule has 0 radical (unpaired) electrons. The second-order valence-corrected chi connectivity index (χ2v) is 4.61. The van der Waals surface area contributed by atoms with Crippen molar-refractivity contribution >= 4 is 22.9 Å². The molecular weight excluding hydrogens is 262 g/mol. The van der Waals surface area contributed by atoms with E-state index in [0.717, 1.165) is 11.4 Å². The summed E-state index contributed by atoms with van der Waals surface area (Å²) in [7, 11) is 0. The van der Waals surface area contributed by atoms with Gasteiger partial charge in [-0.15, -0.1) is 11.3 Å². The van der Waals surface area contributed by atoms with Crippen LogP contribution in [0.25, 0.3) is 0 Å². The Balaban J connectivity index is 2.05. The number of carbonyl (C=O) groups is 1. The first-order chi connectivity index (χ1) is 9.22. The average molecular weight is 275 g/mol. The van der Waals surface area contributed by atoms with E-state index in [0.29, 0.717) is 11.3 Å². The quantitative estimate of drug-likeness (QED) is 0.835. The molecule has 1 amide bonds. The van der Waals surface area contributed by atoms with Crippen LogP contribution in [0.2, 0.25) is 0 Å². The highest BCUT2D eigenvalue weighted by molar-refractivity contribution is 7.10. The maximum atomic E-state index is 12.0. The predicted molar refractivity (Wildman–Crippen MR) is 74.1 cm³/mol. The molecule has 0 fully saturated rings. The summed E-state index contributed by atoms with van der Waals surface area (Å²) in [6.45, 7) is 2.55. The second kappa shape index (κ2) is 6.18. The lowest BCUT2D eigenvalue weighted by Crippen LogP contribution is -2.10. The average Bonchev–Trinajstić information content (AvgIpc) is 3.04. The first-order valence-electron chi connectivity index (χ1n) is 5.75. The van der Waals surface area contributed by atoms with Gasteiger partial charge in [-0.2, -0.15) is 5.10 Å². The molecule has 0 saturated carbocycles. The second-order valence-electron chi connectivity index (χ2n) is 3.70. The van der Waals surface area contributed by atoms with Crippen LogP contribution in [0, 0.1) is 11.8 Å². The summed E-state index contributed by atoms with van der Waals surface area (Å²) >= 11 is 1.37. The number of aliphatic hydroxyl groups is 1. The number of aromatic nitrogens is 2. The van der Waals surface area contributed by atoms with Crippen LogP contribution in [-0.2, 0) is 6.54 Å². The Morgan fingerprint density at radius 2 is 2.47 bits per heavy atom. The van der Waals surface area contributed by atoms with Crippen LogP contribution in [0.3, 0.4) is 0 Å². The monoisotopic (exact) mass is 275 g/mol. The van der Waals surface area contributed by atoms with Crippen LogP contribution < -0.4 is 5.32 Å². The van der Waals surface area contributed by atoms with E-state index >= 15 is 0 Å². The van der Waals surface area contributed by atoms with Gasteiger partial charge in [0.25, 0.3) is 5.91 Å². The van der Waals surface area contributed by atoms with Crippen LogP contribution in [0.5, 0.6) is 0 Å². The zero-order valence-corrected chi connectivity index (χ0v) is 11.2. The maximum Gasteiger partial charge on any atom is 0.256 e. The first-order valence-corrected chi connectivity index (χ1v) is 6.63. The van der Waals surface area contributed by atoms with Crippen LogP contribution in [0.1, 0.15) is 22.2 Å². The highest BCUT2D eigenvalue weighted by Gasteiger charge is 2.09. The number of thiophene rings is 1. The highest BCUT2D eigenvalue weighted by Crippen LogP contribution is 2.15. The Morgan fingerprint density at radius 3 is 3.16 bits per heavy atom. The van der Waals surface area contributed by atoms with Crippen molar-refractivity contribution in [2.75, 3.05) is 11.9 Å². The fourth-order valence-electron chi connectivity index (χ4n) is 1.45. The molecule has 6 heteroatoms. The summed E-state index contributed by atoms with van der Waals surface area (Å²) in [4.78, 5) is 12.7. The molecule has 0 aliphatic carbocycles. The smallest absolute Gasteiger partial charge is 0.256 e. The Morgan fingerprint density at radius 1 is 1.63 bits per heavy atom. The van der Waals surface area contributed by atoms with Crippen LogP contribution in [0.15, 0.2) is 23.8 Å². The van der Waals surface area contributed by atoms with Gasteiger partial charge in [0.05, 0.1) is 22.3 Å². The fraction of sp³-hybridized carbons (Fsp3) is 0.231. The molecule has 2 heterocycles. The first kappa shape index (κ1) is 13.3. The zero-order valence-electron chi connectivity index (χ0n) is 10.4. The maximum absolute atomic E-state index is 12.0. The summed E-state index contributed by atoms with van der Waals surface area (Å²) in [6, 6.07) is 1.70. The van der Waals surface area contributed by atoms with Crippen molar-refractivity contribution in [3.8, 4) is 11.8 Å². The molecule has 2 aromatic rings. The number of hydrogen-bond acceptors (Lipinski definition) is 4. The Hall–Kier alpha value is -2.10. The molecule has 2 aromatic heterocycles. The number of nitrogens with zero attached hydrogens (tertiary/aromatic N) is 2. The fourth-order valence-corrected chi connectivity index (χ4v) is 2.21. The summed E-state index contributed by atoms with van der Waals surface area (Å²) in [5, 5.41) is 17.2. The predicted octanol–water partition coefficient (Wildman–Crippen LogP) is 1.56. The van der Waals surface area contributed by atoms with Crippen molar-refractivity contribution < 1.29 is 9.90 Å². The van der Waals surface area contributed by atoms with Crippen molar-refractivity contribution in [3.63, 3.8) is 0 Å². The van der Waals surface area contributed by atoms with Gasteiger partial charge in [-0.25, -0.2) is 0 Å². The molecule has 0 saturated heterocycles. The third kappa shape index (κ3) is 3.44. The number of carbonyl (C=O) groups excluding carboxylic acids is 1. The summed E-state index contributed by atoms with van der Waals surface area (Å²) in [5.74, 6) is 5.13. The molecule has 2 rings (SSSR count). The van der Waals surface area contributed by atoms with Gasteiger partial charge in [0, 0.05) is 18.1 Å². The third-order valence-corrected chi connectivity index (χ3v) is 3.21. The van der Waals surface area contributed by atoms with E-state index in [-0.39, 0.29) is 12.5 Å². The largest absolute Gasteiger partial charge is 0.384 e. The molecule has 19 heavy (non-hydrogen) atoms.